The van der Waals surface area contributed by atoms with E-state index in [-0.39, 0.29) is 5.92 Å². The molecule has 0 radical (unpaired) electrons. The molecule has 1 unspecified atom stereocenters. The maximum atomic E-state index is 5.36. The lowest BCUT2D eigenvalue weighted by molar-refractivity contribution is 0.192. The Kier molecular flexibility index (Phi) is 4.56. The smallest absolute Gasteiger partial charge is 0.226 e. The number of ether oxygens (including phenoxy) is 1. The molecule has 0 bridgehead atoms. The first-order valence-corrected chi connectivity index (χ1v) is 8.58. The fourth-order valence-electron chi connectivity index (χ4n) is 2.95. The standard InChI is InChI=1S/C18H20N4O3/c1-12-5-2-3-6-14(12)18-20-16(25-22-18)8-4-7-15-19-17(21-24-15)13-9-10-23-11-13/h2-3,5-6,13H,4,7-11H2,1H3. The zero-order valence-corrected chi connectivity index (χ0v) is 14.1. The summed E-state index contributed by atoms with van der Waals surface area (Å²) < 4.78 is 16.0. The molecule has 4 rings (SSSR count). The Morgan fingerprint density at radius 1 is 1.04 bits per heavy atom. The molecule has 130 valence electrons. The van der Waals surface area contributed by atoms with E-state index in [1.807, 2.05) is 31.2 Å². The van der Waals surface area contributed by atoms with Crippen LogP contribution in [0.5, 0.6) is 0 Å². The van der Waals surface area contributed by atoms with Gasteiger partial charge in [-0.15, -0.1) is 0 Å². The molecule has 0 N–H and O–H groups in total. The van der Waals surface area contributed by atoms with Gasteiger partial charge >= 0.3 is 0 Å². The Labute approximate surface area is 145 Å². The first kappa shape index (κ1) is 16.0. The van der Waals surface area contributed by atoms with E-state index in [2.05, 4.69) is 20.3 Å². The Morgan fingerprint density at radius 2 is 1.84 bits per heavy atom. The molecule has 1 fully saturated rings. The molecule has 1 aliphatic heterocycles. The number of aromatic nitrogens is 4. The predicted octanol–water partition coefficient (Wildman–Crippen LogP) is 3.11. The molecular formula is C18H20N4O3. The van der Waals surface area contributed by atoms with Gasteiger partial charge in [-0.3, -0.25) is 0 Å². The summed E-state index contributed by atoms with van der Waals surface area (Å²) in [6.45, 7) is 3.49. The van der Waals surface area contributed by atoms with Crippen LogP contribution in [0.15, 0.2) is 33.3 Å². The van der Waals surface area contributed by atoms with Crippen LogP contribution in [0.1, 0.15) is 41.9 Å². The van der Waals surface area contributed by atoms with Crippen molar-refractivity contribution >= 4 is 0 Å². The summed E-state index contributed by atoms with van der Waals surface area (Å²) >= 11 is 0. The highest BCUT2D eigenvalue weighted by Crippen LogP contribution is 2.23. The largest absolute Gasteiger partial charge is 0.381 e. The van der Waals surface area contributed by atoms with E-state index in [0.717, 1.165) is 36.4 Å². The van der Waals surface area contributed by atoms with Gasteiger partial charge in [0.1, 0.15) is 0 Å². The van der Waals surface area contributed by atoms with Crippen LogP contribution in [-0.2, 0) is 17.6 Å². The average molecular weight is 340 g/mol. The number of hydrogen-bond acceptors (Lipinski definition) is 7. The molecule has 3 aromatic rings. The van der Waals surface area contributed by atoms with Gasteiger partial charge in [-0.2, -0.15) is 9.97 Å². The van der Waals surface area contributed by atoms with E-state index in [1.54, 1.807) is 0 Å². The molecule has 25 heavy (non-hydrogen) atoms. The SMILES string of the molecule is Cc1ccccc1-c1noc(CCCc2nc(C3CCOC3)no2)n1. The van der Waals surface area contributed by atoms with Gasteiger partial charge in [0.25, 0.3) is 0 Å². The van der Waals surface area contributed by atoms with Gasteiger partial charge in [0.15, 0.2) is 5.82 Å². The van der Waals surface area contributed by atoms with Crippen LogP contribution in [0.2, 0.25) is 0 Å². The number of nitrogens with zero attached hydrogens (tertiary/aromatic N) is 4. The summed E-state index contributed by atoms with van der Waals surface area (Å²) in [6, 6.07) is 8.00. The molecule has 1 atom stereocenters. The van der Waals surface area contributed by atoms with Crippen molar-refractivity contribution in [1.29, 1.82) is 0 Å². The molecule has 7 heteroatoms. The summed E-state index contributed by atoms with van der Waals surface area (Å²) in [6.07, 6.45) is 3.16. The summed E-state index contributed by atoms with van der Waals surface area (Å²) in [5.74, 6) is 2.94. The Hall–Kier alpha value is -2.54. The third-order valence-electron chi connectivity index (χ3n) is 4.41. The highest BCUT2D eigenvalue weighted by molar-refractivity contribution is 5.58. The summed E-state index contributed by atoms with van der Waals surface area (Å²) in [5, 5.41) is 8.14. The van der Waals surface area contributed by atoms with Gasteiger partial charge in [0.05, 0.1) is 6.61 Å². The van der Waals surface area contributed by atoms with Crippen molar-refractivity contribution in [3.63, 3.8) is 0 Å². The number of hydrogen-bond donors (Lipinski definition) is 0. The van der Waals surface area contributed by atoms with E-state index < -0.39 is 0 Å². The van der Waals surface area contributed by atoms with Gasteiger partial charge in [-0.25, -0.2) is 0 Å². The van der Waals surface area contributed by atoms with E-state index >= 15 is 0 Å². The fraction of sp³-hybridized carbons (Fsp3) is 0.444. The molecule has 2 aromatic heterocycles. The zero-order valence-electron chi connectivity index (χ0n) is 14.1. The molecule has 0 saturated carbocycles. The average Bonchev–Trinajstić information content (AvgIpc) is 3.37. The van der Waals surface area contributed by atoms with Gasteiger partial charge < -0.3 is 13.8 Å². The van der Waals surface area contributed by atoms with Crippen LogP contribution in [0.3, 0.4) is 0 Å². The summed E-state index contributed by atoms with van der Waals surface area (Å²) in [4.78, 5) is 8.94. The first-order chi connectivity index (χ1) is 12.3. The third kappa shape index (κ3) is 3.61. The van der Waals surface area contributed by atoms with Crippen LogP contribution in [0.25, 0.3) is 11.4 Å². The van der Waals surface area contributed by atoms with Gasteiger partial charge in [0, 0.05) is 30.9 Å². The molecule has 0 amide bonds. The zero-order chi connectivity index (χ0) is 17.1. The topological polar surface area (TPSA) is 87.1 Å². The van der Waals surface area contributed by atoms with Crippen molar-refractivity contribution < 1.29 is 13.8 Å². The Morgan fingerprint density at radius 3 is 2.64 bits per heavy atom. The van der Waals surface area contributed by atoms with Crippen LogP contribution < -0.4 is 0 Å². The minimum atomic E-state index is 0.269. The normalized spacial score (nSPS) is 17.2. The van der Waals surface area contributed by atoms with Crippen molar-refractivity contribution in [2.45, 2.75) is 38.5 Å². The quantitative estimate of drug-likeness (QED) is 0.681. The van der Waals surface area contributed by atoms with Crippen molar-refractivity contribution in [2.24, 2.45) is 0 Å². The van der Waals surface area contributed by atoms with Crippen LogP contribution in [0.4, 0.5) is 0 Å². The van der Waals surface area contributed by atoms with Gasteiger partial charge in [-0.05, 0) is 25.3 Å². The maximum absolute atomic E-state index is 5.36. The van der Waals surface area contributed by atoms with Crippen LogP contribution in [-0.4, -0.2) is 33.5 Å². The van der Waals surface area contributed by atoms with Crippen LogP contribution in [0, 0.1) is 6.92 Å². The minimum absolute atomic E-state index is 0.269. The van der Waals surface area contributed by atoms with E-state index in [4.69, 9.17) is 13.8 Å². The molecule has 1 saturated heterocycles. The Bertz CT molecular complexity index is 836. The molecule has 1 aliphatic rings. The minimum Gasteiger partial charge on any atom is -0.381 e. The molecule has 0 spiro atoms. The van der Waals surface area contributed by atoms with Crippen molar-refractivity contribution in [3.8, 4) is 11.4 Å². The number of benzene rings is 1. The van der Waals surface area contributed by atoms with E-state index in [0.29, 0.717) is 37.1 Å². The maximum Gasteiger partial charge on any atom is 0.226 e. The highest BCUT2D eigenvalue weighted by atomic mass is 16.5. The van der Waals surface area contributed by atoms with Crippen molar-refractivity contribution in [3.05, 3.63) is 47.4 Å². The monoisotopic (exact) mass is 340 g/mol. The third-order valence-corrected chi connectivity index (χ3v) is 4.41. The number of rotatable bonds is 6. The second-order valence-electron chi connectivity index (χ2n) is 6.29. The second kappa shape index (κ2) is 7.14. The number of aryl methyl sites for hydroxylation is 3. The van der Waals surface area contributed by atoms with Crippen molar-refractivity contribution in [1.82, 2.24) is 20.3 Å². The summed E-state index contributed by atoms with van der Waals surface area (Å²) in [5.41, 5.74) is 2.13. The molecule has 1 aromatic carbocycles. The van der Waals surface area contributed by atoms with E-state index in [9.17, 15) is 0 Å². The fourth-order valence-corrected chi connectivity index (χ4v) is 2.95. The second-order valence-corrected chi connectivity index (χ2v) is 6.29. The lowest BCUT2D eigenvalue weighted by atomic mass is 10.1. The van der Waals surface area contributed by atoms with Crippen molar-refractivity contribution in [2.75, 3.05) is 13.2 Å². The molecule has 7 nitrogen and oxygen atoms in total. The van der Waals surface area contributed by atoms with Crippen LogP contribution >= 0.6 is 0 Å². The first-order valence-electron chi connectivity index (χ1n) is 8.58. The Balaban J connectivity index is 1.33. The molecule has 0 aliphatic carbocycles. The summed E-state index contributed by atoms with van der Waals surface area (Å²) in [7, 11) is 0. The lowest BCUT2D eigenvalue weighted by Crippen LogP contribution is -2.00. The van der Waals surface area contributed by atoms with Gasteiger partial charge in [-0.1, -0.05) is 34.6 Å². The lowest BCUT2D eigenvalue weighted by Gasteiger charge is -1.98. The van der Waals surface area contributed by atoms with E-state index in [1.165, 1.54) is 0 Å². The molecule has 3 heterocycles. The van der Waals surface area contributed by atoms with Gasteiger partial charge in [0.2, 0.25) is 17.6 Å². The highest BCUT2D eigenvalue weighted by Gasteiger charge is 2.23. The molecular weight excluding hydrogens is 320 g/mol. The predicted molar refractivity (Wildman–Crippen MR) is 89.0 cm³/mol.